The zero-order valence-corrected chi connectivity index (χ0v) is 12.7. The Morgan fingerprint density at radius 1 is 1.25 bits per heavy atom. The third-order valence-corrected chi connectivity index (χ3v) is 6.32. The van der Waals surface area contributed by atoms with Gasteiger partial charge in [-0.2, -0.15) is 0 Å². The normalized spacial score (nSPS) is 18.7. The Kier molecular flexibility index (Phi) is 5.05. The Bertz CT molecular complexity index is 536. The highest BCUT2D eigenvalue weighted by atomic mass is 32.2. The smallest absolute Gasteiger partial charge is 0.155 e. The molecule has 1 unspecified atom stereocenters. The molecule has 0 bridgehead atoms. The Labute approximate surface area is 121 Å². The number of hydrogen-bond acceptors (Lipinski definition) is 4. The molecule has 4 nitrogen and oxygen atoms in total. The van der Waals surface area contributed by atoms with Crippen LogP contribution in [0.3, 0.4) is 0 Å². The molecule has 20 heavy (non-hydrogen) atoms. The summed E-state index contributed by atoms with van der Waals surface area (Å²) in [7, 11) is -1.57. The first-order valence-electron chi connectivity index (χ1n) is 7.14. The van der Waals surface area contributed by atoms with E-state index >= 15 is 0 Å². The molecule has 1 fully saturated rings. The molecule has 0 amide bonds. The van der Waals surface area contributed by atoms with Crippen molar-refractivity contribution < 1.29 is 13.2 Å². The third-order valence-electron chi connectivity index (χ3n) is 4.01. The van der Waals surface area contributed by atoms with E-state index in [-0.39, 0.29) is 11.0 Å². The number of nitrogens with two attached hydrogens (primary N) is 1. The van der Waals surface area contributed by atoms with E-state index in [1.807, 2.05) is 24.3 Å². The van der Waals surface area contributed by atoms with Crippen molar-refractivity contribution in [3.63, 3.8) is 0 Å². The summed E-state index contributed by atoms with van der Waals surface area (Å²) in [5.74, 6) is 0.650. The van der Waals surface area contributed by atoms with E-state index in [1.54, 1.807) is 7.11 Å². The van der Waals surface area contributed by atoms with Gasteiger partial charge >= 0.3 is 0 Å². The van der Waals surface area contributed by atoms with E-state index in [1.165, 1.54) is 0 Å². The van der Waals surface area contributed by atoms with Crippen molar-refractivity contribution >= 4 is 9.84 Å². The first-order valence-corrected chi connectivity index (χ1v) is 8.86. The van der Waals surface area contributed by atoms with Crippen LogP contribution in [-0.4, -0.2) is 26.5 Å². The summed E-state index contributed by atoms with van der Waals surface area (Å²) < 4.78 is 30.1. The third kappa shape index (κ3) is 3.52. The zero-order valence-electron chi connectivity index (χ0n) is 11.9. The Morgan fingerprint density at radius 2 is 1.90 bits per heavy atom. The van der Waals surface area contributed by atoms with E-state index in [0.717, 1.165) is 37.7 Å². The quantitative estimate of drug-likeness (QED) is 0.906. The van der Waals surface area contributed by atoms with Crippen LogP contribution in [0.15, 0.2) is 24.3 Å². The van der Waals surface area contributed by atoms with Crippen LogP contribution in [0, 0.1) is 0 Å². The van der Waals surface area contributed by atoms with Gasteiger partial charge in [0.2, 0.25) is 0 Å². The molecule has 1 aliphatic carbocycles. The highest BCUT2D eigenvalue weighted by Gasteiger charge is 2.29. The summed E-state index contributed by atoms with van der Waals surface area (Å²) in [6, 6.07) is 6.82. The van der Waals surface area contributed by atoms with Gasteiger partial charge in [0.05, 0.1) is 18.1 Å². The van der Waals surface area contributed by atoms with Crippen LogP contribution in [0.25, 0.3) is 0 Å². The molecule has 1 saturated carbocycles. The van der Waals surface area contributed by atoms with Crippen molar-refractivity contribution in [1.29, 1.82) is 0 Å². The molecule has 2 N–H and O–H groups in total. The summed E-state index contributed by atoms with van der Waals surface area (Å²) in [4.78, 5) is 0. The molecule has 1 aromatic carbocycles. The molecular weight excluding hydrogens is 274 g/mol. The second-order valence-electron chi connectivity index (χ2n) is 5.44. The average molecular weight is 297 g/mol. The number of benzene rings is 1. The van der Waals surface area contributed by atoms with Gasteiger partial charge in [0.25, 0.3) is 0 Å². The van der Waals surface area contributed by atoms with Crippen LogP contribution in [0.1, 0.15) is 43.7 Å². The maximum atomic E-state index is 12.4. The van der Waals surface area contributed by atoms with Gasteiger partial charge in [-0.15, -0.1) is 0 Å². The van der Waals surface area contributed by atoms with E-state index < -0.39 is 15.9 Å². The largest absolute Gasteiger partial charge is 0.496 e. The highest BCUT2D eigenvalue weighted by Crippen LogP contribution is 2.29. The van der Waals surface area contributed by atoms with Crippen LogP contribution in [-0.2, 0) is 9.84 Å². The molecule has 0 aliphatic heterocycles. The fourth-order valence-electron chi connectivity index (χ4n) is 2.87. The van der Waals surface area contributed by atoms with Crippen molar-refractivity contribution in [2.45, 2.75) is 43.4 Å². The van der Waals surface area contributed by atoms with Crippen LogP contribution < -0.4 is 10.5 Å². The average Bonchev–Trinajstić information content (AvgIpc) is 2.47. The summed E-state index contributed by atoms with van der Waals surface area (Å²) in [5.41, 5.74) is 6.86. The Morgan fingerprint density at radius 3 is 2.55 bits per heavy atom. The van der Waals surface area contributed by atoms with Crippen LogP contribution >= 0.6 is 0 Å². The number of para-hydroxylation sites is 1. The topological polar surface area (TPSA) is 69.4 Å². The number of hydrogen-bond donors (Lipinski definition) is 1. The SMILES string of the molecule is COc1ccccc1C(N)CS(=O)(=O)C1CCCCC1. The first kappa shape index (κ1) is 15.3. The summed E-state index contributed by atoms with van der Waals surface area (Å²) in [6.07, 6.45) is 4.72. The second kappa shape index (κ2) is 6.59. The Hall–Kier alpha value is -1.07. The van der Waals surface area contributed by atoms with Crippen LogP contribution in [0.5, 0.6) is 5.75 Å². The molecule has 5 heteroatoms. The van der Waals surface area contributed by atoms with Gasteiger partial charge in [0.1, 0.15) is 5.75 Å². The van der Waals surface area contributed by atoms with Crippen molar-refractivity contribution in [2.75, 3.05) is 12.9 Å². The van der Waals surface area contributed by atoms with Crippen molar-refractivity contribution in [3.05, 3.63) is 29.8 Å². The maximum Gasteiger partial charge on any atom is 0.155 e. The highest BCUT2D eigenvalue weighted by molar-refractivity contribution is 7.92. The van der Waals surface area contributed by atoms with E-state index in [4.69, 9.17) is 10.5 Å². The molecule has 0 saturated heterocycles. The molecule has 1 aliphatic rings. The minimum absolute atomic E-state index is 0.00194. The van der Waals surface area contributed by atoms with Crippen LogP contribution in [0.2, 0.25) is 0 Å². The molecule has 0 heterocycles. The first-order chi connectivity index (χ1) is 9.54. The summed E-state index contributed by atoms with van der Waals surface area (Å²) >= 11 is 0. The minimum Gasteiger partial charge on any atom is -0.496 e. The number of ether oxygens (including phenoxy) is 1. The van der Waals surface area contributed by atoms with E-state index in [2.05, 4.69) is 0 Å². The van der Waals surface area contributed by atoms with Gasteiger partial charge < -0.3 is 10.5 Å². The van der Waals surface area contributed by atoms with Crippen molar-refractivity contribution in [3.8, 4) is 5.75 Å². The predicted octanol–water partition coefficient (Wildman–Crippen LogP) is 2.44. The summed E-state index contributed by atoms with van der Waals surface area (Å²) in [5, 5.41) is -0.211. The van der Waals surface area contributed by atoms with Gasteiger partial charge in [0.15, 0.2) is 9.84 Å². The fourth-order valence-corrected chi connectivity index (χ4v) is 4.88. The lowest BCUT2D eigenvalue weighted by Crippen LogP contribution is -2.31. The van der Waals surface area contributed by atoms with Gasteiger partial charge in [-0.3, -0.25) is 0 Å². The number of methoxy groups -OCH3 is 1. The molecular formula is C15H23NO3S. The molecule has 1 aromatic rings. The maximum absolute atomic E-state index is 12.4. The van der Waals surface area contributed by atoms with Gasteiger partial charge in [-0.05, 0) is 18.9 Å². The number of sulfone groups is 1. The Balaban J connectivity index is 2.11. The van der Waals surface area contributed by atoms with Gasteiger partial charge in [-0.25, -0.2) is 8.42 Å². The zero-order chi connectivity index (χ0) is 14.6. The molecule has 0 aromatic heterocycles. The van der Waals surface area contributed by atoms with Crippen molar-refractivity contribution in [1.82, 2.24) is 0 Å². The minimum atomic E-state index is -3.14. The van der Waals surface area contributed by atoms with Crippen LogP contribution in [0.4, 0.5) is 0 Å². The van der Waals surface area contributed by atoms with Gasteiger partial charge in [0, 0.05) is 11.6 Å². The molecule has 0 radical (unpaired) electrons. The molecule has 0 spiro atoms. The van der Waals surface area contributed by atoms with E-state index in [0.29, 0.717) is 5.75 Å². The van der Waals surface area contributed by atoms with E-state index in [9.17, 15) is 8.42 Å². The lowest BCUT2D eigenvalue weighted by Gasteiger charge is -2.24. The van der Waals surface area contributed by atoms with Gasteiger partial charge in [-0.1, -0.05) is 37.5 Å². The molecule has 1 atom stereocenters. The van der Waals surface area contributed by atoms with Crippen molar-refractivity contribution in [2.24, 2.45) is 5.73 Å². The second-order valence-corrected chi connectivity index (χ2v) is 7.76. The lowest BCUT2D eigenvalue weighted by molar-refractivity contribution is 0.406. The lowest BCUT2D eigenvalue weighted by atomic mass is 10.0. The fraction of sp³-hybridized carbons (Fsp3) is 0.600. The summed E-state index contributed by atoms with van der Waals surface area (Å²) in [6.45, 7) is 0. The predicted molar refractivity (Wildman–Crippen MR) is 80.6 cm³/mol. The molecule has 112 valence electrons. The standard InChI is InChI=1S/C15H23NO3S/c1-19-15-10-6-5-9-13(15)14(16)11-20(17,18)12-7-3-2-4-8-12/h5-6,9-10,12,14H,2-4,7-8,11,16H2,1H3. The number of rotatable bonds is 5. The molecule has 2 rings (SSSR count). The monoisotopic (exact) mass is 297 g/mol.